The molecular formula is C24H30N8. The second-order valence-electron chi connectivity index (χ2n) is 8.65. The molecule has 0 unspecified atom stereocenters. The van der Waals surface area contributed by atoms with Gasteiger partial charge in [0, 0.05) is 44.0 Å². The summed E-state index contributed by atoms with van der Waals surface area (Å²) in [6.45, 7) is 3.98. The lowest BCUT2D eigenvalue weighted by Crippen LogP contribution is -2.43. The number of fused-ring (bicyclic) bond motifs is 1. The van der Waals surface area contributed by atoms with E-state index in [4.69, 9.17) is 17.2 Å². The fourth-order valence-corrected chi connectivity index (χ4v) is 4.84. The van der Waals surface area contributed by atoms with Crippen LogP contribution in [0.1, 0.15) is 43.4 Å². The summed E-state index contributed by atoms with van der Waals surface area (Å²) in [5.41, 5.74) is 4.86. The predicted octanol–water partition coefficient (Wildman–Crippen LogP) is 2.43. The molecule has 2 aromatic rings. The van der Waals surface area contributed by atoms with Crippen molar-refractivity contribution >= 4 is 23.2 Å². The van der Waals surface area contributed by atoms with E-state index < -0.39 is 0 Å². The molecule has 4 N–H and O–H groups in total. The first-order chi connectivity index (χ1) is 15.7. The molecule has 0 atom stereocenters. The number of terminal acetylenes is 1. The first-order valence-corrected chi connectivity index (χ1v) is 11.5. The summed E-state index contributed by atoms with van der Waals surface area (Å²) in [4.78, 5) is 16.3. The van der Waals surface area contributed by atoms with E-state index in [2.05, 4.69) is 37.5 Å². The number of rotatable bonds is 5. The summed E-state index contributed by atoms with van der Waals surface area (Å²) in [5.74, 6) is 10.7. The highest BCUT2D eigenvalue weighted by Gasteiger charge is 2.29. The molecule has 166 valence electrons. The number of aryl methyl sites for hydroxylation is 1. The molecule has 1 saturated carbocycles. The lowest BCUT2D eigenvalue weighted by molar-refractivity contribution is 0.303. The summed E-state index contributed by atoms with van der Waals surface area (Å²) in [7, 11) is 0. The van der Waals surface area contributed by atoms with Crippen LogP contribution < -0.4 is 21.4 Å². The standard InChI is InChI=1S/C24H30N8/c1-2-17-7-8-18-15-28-24(30-22(18)23(17)32(25)19-5-3-4-6-19)29-21-10-9-20(16-27-21)31-13-11-26-12-14-31/h1,9-10,15-16,19,26H,3-8,11-14,25H2,(H,27,28,29,30). The van der Waals surface area contributed by atoms with Gasteiger partial charge in [-0.25, -0.2) is 20.8 Å². The van der Waals surface area contributed by atoms with Gasteiger partial charge in [-0.2, -0.15) is 0 Å². The summed E-state index contributed by atoms with van der Waals surface area (Å²) in [6, 6.07) is 4.37. The molecular weight excluding hydrogens is 400 g/mol. The number of hydrogen-bond donors (Lipinski definition) is 3. The average Bonchev–Trinajstić information content (AvgIpc) is 3.39. The van der Waals surface area contributed by atoms with Gasteiger partial charge >= 0.3 is 0 Å². The number of nitrogens with two attached hydrogens (primary N) is 1. The van der Waals surface area contributed by atoms with Crippen LogP contribution in [0, 0.1) is 12.3 Å². The SMILES string of the molecule is C#CC1=C(N(N)C2CCCC2)c2nc(Nc3ccc(N4CCNCC4)cn3)ncc2CC1. The third-order valence-electron chi connectivity index (χ3n) is 6.64. The minimum atomic E-state index is 0.310. The molecule has 3 heterocycles. The van der Waals surface area contributed by atoms with E-state index >= 15 is 0 Å². The van der Waals surface area contributed by atoms with Crippen LogP contribution in [0.3, 0.4) is 0 Å². The van der Waals surface area contributed by atoms with Crippen LogP contribution in [0.15, 0.2) is 30.1 Å². The fourth-order valence-electron chi connectivity index (χ4n) is 4.84. The molecule has 2 aromatic heterocycles. The molecule has 2 aliphatic carbocycles. The van der Waals surface area contributed by atoms with E-state index in [0.717, 1.165) is 80.1 Å². The Morgan fingerprint density at radius 1 is 1.12 bits per heavy atom. The van der Waals surface area contributed by atoms with Crippen molar-refractivity contribution in [3.63, 3.8) is 0 Å². The number of nitrogens with zero attached hydrogens (tertiary/aromatic N) is 5. The number of aromatic nitrogens is 3. The summed E-state index contributed by atoms with van der Waals surface area (Å²) in [6.07, 6.45) is 15.9. The molecule has 1 saturated heterocycles. The predicted molar refractivity (Wildman–Crippen MR) is 127 cm³/mol. The van der Waals surface area contributed by atoms with Gasteiger partial charge in [0.25, 0.3) is 0 Å². The van der Waals surface area contributed by atoms with Crippen LogP contribution in [0.25, 0.3) is 5.70 Å². The van der Waals surface area contributed by atoms with Gasteiger partial charge in [0.05, 0.1) is 23.3 Å². The van der Waals surface area contributed by atoms with E-state index in [9.17, 15) is 0 Å². The molecule has 0 radical (unpaired) electrons. The second kappa shape index (κ2) is 9.15. The molecule has 5 rings (SSSR count). The number of nitrogens with one attached hydrogen (secondary N) is 2. The van der Waals surface area contributed by atoms with E-state index in [1.807, 2.05) is 23.5 Å². The maximum absolute atomic E-state index is 6.60. The van der Waals surface area contributed by atoms with Gasteiger partial charge in [0.2, 0.25) is 5.95 Å². The van der Waals surface area contributed by atoms with Gasteiger partial charge in [-0.1, -0.05) is 18.8 Å². The van der Waals surface area contributed by atoms with Crippen molar-refractivity contribution in [3.8, 4) is 12.3 Å². The zero-order chi connectivity index (χ0) is 21.9. The minimum Gasteiger partial charge on any atom is -0.368 e. The molecule has 1 aliphatic heterocycles. The largest absolute Gasteiger partial charge is 0.368 e. The molecule has 0 aromatic carbocycles. The molecule has 8 heteroatoms. The van der Waals surface area contributed by atoms with Crippen LogP contribution in [-0.2, 0) is 6.42 Å². The Morgan fingerprint density at radius 2 is 1.94 bits per heavy atom. The van der Waals surface area contributed by atoms with Crippen molar-refractivity contribution in [2.24, 2.45) is 5.84 Å². The second-order valence-corrected chi connectivity index (χ2v) is 8.65. The number of piperazine rings is 1. The maximum Gasteiger partial charge on any atom is 0.228 e. The smallest absolute Gasteiger partial charge is 0.228 e. The molecule has 8 nitrogen and oxygen atoms in total. The molecule has 3 aliphatic rings. The average molecular weight is 431 g/mol. The molecule has 32 heavy (non-hydrogen) atoms. The summed E-state index contributed by atoms with van der Waals surface area (Å²) in [5, 5.41) is 8.49. The van der Waals surface area contributed by atoms with Crippen LogP contribution in [0.4, 0.5) is 17.5 Å². The lowest BCUT2D eigenvalue weighted by Gasteiger charge is -2.32. The van der Waals surface area contributed by atoms with Crippen molar-refractivity contribution in [3.05, 3.63) is 41.4 Å². The lowest BCUT2D eigenvalue weighted by atomic mass is 9.93. The van der Waals surface area contributed by atoms with Crippen molar-refractivity contribution in [1.82, 2.24) is 25.3 Å². The van der Waals surface area contributed by atoms with E-state index in [1.165, 1.54) is 12.8 Å². The van der Waals surface area contributed by atoms with Gasteiger partial charge in [0.1, 0.15) is 5.82 Å². The monoisotopic (exact) mass is 430 g/mol. The highest BCUT2D eigenvalue weighted by molar-refractivity contribution is 5.73. The Balaban J connectivity index is 1.39. The number of anilines is 3. The Kier molecular flexibility index (Phi) is 5.93. The summed E-state index contributed by atoms with van der Waals surface area (Å²) >= 11 is 0. The Bertz CT molecular complexity index is 1030. The molecule has 2 fully saturated rings. The van der Waals surface area contributed by atoms with Crippen molar-refractivity contribution in [1.29, 1.82) is 0 Å². The van der Waals surface area contributed by atoms with Crippen LogP contribution in [0.5, 0.6) is 0 Å². The van der Waals surface area contributed by atoms with Gasteiger partial charge in [-0.3, -0.25) is 0 Å². The van der Waals surface area contributed by atoms with Crippen molar-refractivity contribution < 1.29 is 0 Å². The fraction of sp³-hybridized carbons (Fsp3) is 0.458. The number of hydrogen-bond acceptors (Lipinski definition) is 8. The van der Waals surface area contributed by atoms with Gasteiger partial charge < -0.3 is 20.5 Å². The van der Waals surface area contributed by atoms with Crippen molar-refractivity contribution in [2.45, 2.75) is 44.6 Å². The van der Waals surface area contributed by atoms with Crippen LogP contribution in [0.2, 0.25) is 0 Å². The van der Waals surface area contributed by atoms with Crippen LogP contribution in [-0.4, -0.2) is 52.2 Å². The molecule has 0 amide bonds. The number of hydrazine groups is 1. The van der Waals surface area contributed by atoms with Crippen molar-refractivity contribution in [2.75, 3.05) is 36.4 Å². The quantitative estimate of drug-likeness (QED) is 0.378. The number of allylic oxidation sites excluding steroid dienone is 1. The zero-order valence-corrected chi connectivity index (χ0v) is 18.3. The number of pyridine rings is 1. The first-order valence-electron chi connectivity index (χ1n) is 11.5. The Morgan fingerprint density at radius 3 is 2.66 bits per heavy atom. The van der Waals surface area contributed by atoms with Crippen LogP contribution >= 0.6 is 0 Å². The third-order valence-corrected chi connectivity index (χ3v) is 6.64. The molecule has 0 spiro atoms. The van der Waals surface area contributed by atoms with Gasteiger partial charge in [0.15, 0.2) is 0 Å². The van der Waals surface area contributed by atoms with Gasteiger partial charge in [-0.05, 0) is 43.4 Å². The third kappa shape index (κ3) is 4.14. The summed E-state index contributed by atoms with van der Waals surface area (Å²) < 4.78 is 0. The normalized spacial score (nSPS) is 18.9. The Labute approximate surface area is 189 Å². The Hall–Kier alpha value is -3.15. The molecule has 0 bridgehead atoms. The van der Waals surface area contributed by atoms with E-state index in [0.29, 0.717) is 17.8 Å². The minimum absolute atomic E-state index is 0.310. The van der Waals surface area contributed by atoms with E-state index in [-0.39, 0.29) is 0 Å². The first kappa shape index (κ1) is 20.7. The zero-order valence-electron chi connectivity index (χ0n) is 18.3. The maximum atomic E-state index is 6.60. The van der Waals surface area contributed by atoms with Gasteiger partial charge in [-0.15, -0.1) is 6.42 Å². The highest BCUT2D eigenvalue weighted by atomic mass is 15.4. The topological polar surface area (TPSA) is 95.2 Å². The highest BCUT2D eigenvalue weighted by Crippen LogP contribution is 2.35. The van der Waals surface area contributed by atoms with E-state index in [1.54, 1.807) is 0 Å².